The first-order chi connectivity index (χ1) is 10.9. The summed E-state index contributed by atoms with van der Waals surface area (Å²) in [5, 5.41) is 13.3. The minimum atomic E-state index is -0.532. The Morgan fingerprint density at radius 2 is 1.91 bits per heavy atom. The maximum absolute atomic E-state index is 12.0. The van der Waals surface area contributed by atoms with Crippen LogP contribution in [0.15, 0.2) is 30.5 Å². The highest BCUT2D eigenvalue weighted by molar-refractivity contribution is 5.91. The third kappa shape index (κ3) is 4.03. The van der Waals surface area contributed by atoms with Crippen LogP contribution in [0.3, 0.4) is 0 Å². The molecule has 7 heteroatoms. The lowest BCUT2D eigenvalue weighted by atomic mass is 10.1. The van der Waals surface area contributed by atoms with Crippen LogP contribution in [0, 0.1) is 30.9 Å². The fraction of sp³-hybridized carbons (Fsp3) is 0.250. The molecule has 1 aromatic heterocycles. The number of hydrogen-bond donors (Lipinski definition) is 1. The van der Waals surface area contributed by atoms with E-state index >= 15 is 0 Å². The predicted molar refractivity (Wildman–Crippen MR) is 85.7 cm³/mol. The maximum Gasteiger partial charge on any atom is 0.287 e. The van der Waals surface area contributed by atoms with E-state index in [4.69, 9.17) is 4.74 Å². The van der Waals surface area contributed by atoms with Crippen LogP contribution < -0.4 is 10.1 Å². The van der Waals surface area contributed by atoms with E-state index in [0.717, 1.165) is 17.3 Å². The molecule has 0 aliphatic carbocycles. The quantitative estimate of drug-likeness (QED) is 0.676. The topological polar surface area (TPSA) is 94.4 Å². The highest BCUT2D eigenvalue weighted by Crippen LogP contribution is 2.22. The van der Waals surface area contributed by atoms with E-state index in [1.165, 1.54) is 6.07 Å². The number of carbonyl (C=O) groups excluding carboxylic acids is 1. The van der Waals surface area contributed by atoms with Crippen LogP contribution >= 0.6 is 0 Å². The monoisotopic (exact) mass is 315 g/mol. The van der Waals surface area contributed by atoms with Crippen molar-refractivity contribution >= 4 is 17.4 Å². The molecule has 0 atom stereocenters. The molecule has 0 aliphatic heterocycles. The third-order valence-corrected chi connectivity index (χ3v) is 3.29. The smallest absolute Gasteiger partial charge is 0.287 e. The van der Waals surface area contributed by atoms with Gasteiger partial charge in [0, 0.05) is 6.07 Å². The molecule has 2 rings (SSSR count). The molecule has 0 saturated heterocycles. The Morgan fingerprint density at radius 1 is 1.26 bits per heavy atom. The Labute approximate surface area is 133 Å². The lowest BCUT2D eigenvalue weighted by Crippen LogP contribution is -2.21. The summed E-state index contributed by atoms with van der Waals surface area (Å²) in [5.41, 5.74) is 2.29. The van der Waals surface area contributed by atoms with Gasteiger partial charge in [-0.15, -0.1) is 0 Å². The van der Waals surface area contributed by atoms with E-state index in [0.29, 0.717) is 11.3 Å². The van der Waals surface area contributed by atoms with Gasteiger partial charge in [-0.2, -0.15) is 0 Å². The molecule has 120 valence electrons. The molecule has 0 radical (unpaired) electrons. The molecular weight excluding hydrogens is 298 g/mol. The number of nitro groups is 1. The summed E-state index contributed by atoms with van der Waals surface area (Å²) in [6.45, 7) is 5.29. The Morgan fingerprint density at radius 3 is 2.48 bits per heavy atom. The molecule has 0 aliphatic rings. The molecule has 0 spiro atoms. The van der Waals surface area contributed by atoms with Crippen molar-refractivity contribution in [2.75, 3.05) is 11.9 Å². The van der Waals surface area contributed by atoms with Gasteiger partial charge in [-0.25, -0.2) is 4.98 Å². The molecule has 1 aromatic carbocycles. The van der Waals surface area contributed by atoms with E-state index in [1.807, 2.05) is 32.0 Å². The molecule has 1 heterocycles. The number of aromatic nitrogens is 1. The van der Waals surface area contributed by atoms with Crippen molar-refractivity contribution in [3.63, 3.8) is 0 Å². The lowest BCUT2D eigenvalue weighted by molar-refractivity contribution is -0.385. The molecular formula is C16H17N3O4. The summed E-state index contributed by atoms with van der Waals surface area (Å²) in [6.07, 6.45) is 1.11. The standard InChI is InChI=1S/C16H17N3O4/c1-10-5-4-6-11(2)15(10)23-9-14(20)18-16-12(3)7-13(8-17-16)19(21)22/h4-8H,9H2,1-3H3,(H,17,18,20). The SMILES string of the molecule is Cc1cc([N+](=O)[O-])cnc1NC(=O)COc1c(C)cccc1C. The van der Waals surface area contributed by atoms with Crippen LogP contribution in [0.5, 0.6) is 5.75 Å². The van der Waals surface area contributed by atoms with Crippen LogP contribution in [-0.2, 0) is 4.79 Å². The molecule has 7 nitrogen and oxygen atoms in total. The molecule has 1 amide bonds. The summed E-state index contributed by atoms with van der Waals surface area (Å²) < 4.78 is 5.56. The molecule has 23 heavy (non-hydrogen) atoms. The number of hydrogen-bond acceptors (Lipinski definition) is 5. The van der Waals surface area contributed by atoms with Crippen LogP contribution in [0.1, 0.15) is 16.7 Å². The largest absolute Gasteiger partial charge is 0.483 e. The van der Waals surface area contributed by atoms with E-state index in [1.54, 1.807) is 6.92 Å². The first-order valence-corrected chi connectivity index (χ1v) is 6.98. The van der Waals surface area contributed by atoms with Crippen molar-refractivity contribution in [1.29, 1.82) is 0 Å². The average Bonchev–Trinajstić information content (AvgIpc) is 2.48. The fourth-order valence-electron chi connectivity index (χ4n) is 2.12. The summed E-state index contributed by atoms with van der Waals surface area (Å²) in [7, 11) is 0. The van der Waals surface area contributed by atoms with Crippen molar-refractivity contribution in [1.82, 2.24) is 4.98 Å². The van der Waals surface area contributed by atoms with Crippen LogP contribution in [-0.4, -0.2) is 22.4 Å². The Kier molecular flexibility index (Phi) is 4.90. The minimum Gasteiger partial charge on any atom is -0.483 e. The van der Waals surface area contributed by atoms with Gasteiger partial charge in [0.05, 0.1) is 4.92 Å². The zero-order valence-electron chi connectivity index (χ0n) is 13.1. The van der Waals surface area contributed by atoms with Gasteiger partial charge in [0.1, 0.15) is 17.8 Å². The zero-order chi connectivity index (χ0) is 17.0. The highest BCUT2D eigenvalue weighted by Gasteiger charge is 2.13. The summed E-state index contributed by atoms with van der Waals surface area (Å²) in [4.78, 5) is 26.0. The van der Waals surface area contributed by atoms with Crippen molar-refractivity contribution in [2.24, 2.45) is 0 Å². The predicted octanol–water partition coefficient (Wildman–Crippen LogP) is 2.93. The molecule has 1 N–H and O–H groups in total. The number of para-hydroxylation sites is 1. The lowest BCUT2D eigenvalue weighted by Gasteiger charge is -2.12. The summed E-state index contributed by atoms with van der Waals surface area (Å²) >= 11 is 0. The van der Waals surface area contributed by atoms with E-state index in [2.05, 4.69) is 10.3 Å². The van der Waals surface area contributed by atoms with E-state index in [-0.39, 0.29) is 24.0 Å². The zero-order valence-corrected chi connectivity index (χ0v) is 13.1. The third-order valence-electron chi connectivity index (χ3n) is 3.29. The van der Waals surface area contributed by atoms with Crippen LogP contribution in [0.4, 0.5) is 11.5 Å². The van der Waals surface area contributed by atoms with Gasteiger partial charge in [-0.1, -0.05) is 18.2 Å². The second kappa shape index (κ2) is 6.87. The second-order valence-corrected chi connectivity index (χ2v) is 5.17. The molecule has 0 bridgehead atoms. The Hall–Kier alpha value is -2.96. The first-order valence-electron chi connectivity index (χ1n) is 6.98. The van der Waals surface area contributed by atoms with Gasteiger partial charge in [0.15, 0.2) is 6.61 Å². The number of amides is 1. The molecule has 0 unspecified atom stereocenters. The summed E-state index contributed by atoms with van der Waals surface area (Å²) in [6, 6.07) is 7.08. The first kappa shape index (κ1) is 16.4. The van der Waals surface area contributed by atoms with Crippen molar-refractivity contribution in [3.8, 4) is 5.75 Å². The average molecular weight is 315 g/mol. The number of rotatable bonds is 5. The highest BCUT2D eigenvalue weighted by atomic mass is 16.6. The number of aryl methyl sites for hydroxylation is 3. The molecule has 2 aromatic rings. The maximum atomic E-state index is 12.0. The Bertz CT molecular complexity index is 739. The van der Waals surface area contributed by atoms with Gasteiger partial charge in [-0.3, -0.25) is 14.9 Å². The van der Waals surface area contributed by atoms with Gasteiger partial charge >= 0.3 is 0 Å². The number of pyridine rings is 1. The van der Waals surface area contributed by atoms with Gasteiger partial charge in [0.25, 0.3) is 11.6 Å². The number of nitrogens with one attached hydrogen (secondary N) is 1. The number of ether oxygens (including phenoxy) is 1. The number of benzene rings is 1. The van der Waals surface area contributed by atoms with E-state index < -0.39 is 4.92 Å². The van der Waals surface area contributed by atoms with Crippen molar-refractivity contribution < 1.29 is 14.5 Å². The fourth-order valence-corrected chi connectivity index (χ4v) is 2.12. The molecule has 0 saturated carbocycles. The number of nitrogens with zero attached hydrogens (tertiary/aromatic N) is 2. The van der Waals surface area contributed by atoms with Crippen molar-refractivity contribution in [2.45, 2.75) is 20.8 Å². The number of carbonyl (C=O) groups is 1. The molecule has 0 fully saturated rings. The second-order valence-electron chi connectivity index (χ2n) is 5.17. The normalized spacial score (nSPS) is 10.2. The van der Waals surface area contributed by atoms with Crippen LogP contribution in [0.2, 0.25) is 0 Å². The minimum absolute atomic E-state index is 0.118. The van der Waals surface area contributed by atoms with Gasteiger partial charge in [0.2, 0.25) is 0 Å². The van der Waals surface area contributed by atoms with Gasteiger partial charge in [-0.05, 0) is 37.5 Å². The number of anilines is 1. The van der Waals surface area contributed by atoms with Crippen molar-refractivity contribution in [3.05, 3.63) is 57.3 Å². The van der Waals surface area contributed by atoms with Gasteiger partial charge < -0.3 is 10.1 Å². The van der Waals surface area contributed by atoms with E-state index in [9.17, 15) is 14.9 Å². The summed E-state index contributed by atoms with van der Waals surface area (Å²) in [5.74, 6) is 0.582. The Balaban J connectivity index is 2.01. The van der Waals surface area contributed by atoms with Crippen LogP contribution in [0.25, 0.3) is 0 Å².